The molecule has 2 heterocycles. The van der Waals surface area contributed by atoms with Gasteiger partial charge in [-0.2, -0.15) is 0 Å². The number of halogens is 1. The number of anilines is 1. The fourth-order valence-corrected chi connectivity index (χ4v) is 2.51. The highest BCUT2D eigenvalue weighted by molar-refractivity contribution is 6.31. The average Bonchev–Trinajstić information content (AvgIpc) is 2.37. The van der Waals surface area contributed by atoms with Crippen molar-refractivity contribution in [1.82, 2.24) is 15.3 Å². The molecule has 21 heavy (non-hydrogen) atoms. The number of hydrogen-bond acceptors (Lipinski definition) is 5. The topological polar surface area (TPSA) is 67.3 Å². The zero-order chi connectivity index (χ0) is 15.5. The summed E-state index contributed by atoms with van der Waals surface area (Å²) in [6.45, 7) is 7.04. The maximum absolute atomic E-state index is 11.8. The van der Waals surface area contributed by atoms with Gasteiger partial charge in [0.25, 0.3) is 0 Å². The van der Waals surface area contributed by atoms with Crippen LogP contribution in [0.25, 0.3) is 0 Å². The quantitative estimate of drug-likeness (QED) is 0.909. The van der Waals surface area contributed by atoms with E-state index < -0.39 is 5.60 Å². The number of piperidine rings is 1. The van der Waals surface area contributed by atoms with Gasteiger partial charge in [-0.15, -0.1) is 0 Å². The first-order chi connectivity index (χ1) is 9.85. The molecule has 0 aliphatic carbocycles. The Morgan fingerprint density at radius 2 is 2.14 bits per heavy atom. The highest BCUT2D eigenvalue weighted by atomic mass is 35.5. The first kappa shape index (κ1) is 15.8. The molecular formula is C14H21ClN4O2. The summed E-state index contributed by atoms with van der Waals surface area (Å²) in [7, 11) is 0. The van der Waals surface area contributed by atoms with Crippen molar-refractivity contribution in [3.05, 3.63) is 17.5 Å². The molecule has 116 valence electrons. The number of ether oxygens (including phenoxy) is 1. The van der Waals surface area contributed by atoms with Crippen LogP contribution in [0.15, 0.2) is 12.4 Å². The molecule has 1 saturated heterocycles. The molecule has 6 nitrogen and oxygen atoms in total. The van der Waals surface area contributed by atoms with E-state index in [4.69, 9.17) is 16.3 Å². The van der Waals surface area contributed by atoms with Crippen LogP contribution in [0.2, 0.25) is 5.15 Å². The Kier molecular flexibility index (Phi) is 4.88. The zero-order valence-electron chi connectivity index (χ0n) is 12.6. The van der Waals surface area contributed by atoms with E-state index in [0.29, 0.717) is 17.5 Å². The van der Waals surface area contributed by atoms with Crippen molar-refractivity contribution in [1.29, 1.82) is 0 Å². The van der Waals surface area contributed by atoms with Gasteiger partial charge in [0.1, 0.15) is 5.60 Å². The Labute approximate surface area is 129 Å². The van der Waals surface area contributed by atoms with Gasteiger partial charge >= 0.3 is 6.09 Å². The van der Waals surface area contributed by atoms with Gasteiger partial charge in [0.05, 0.1) is 0 Å². The highest BCUT2D eigenvalue weighted by Gasteiger charge is 2.25. The smallest absolute Gasteiger partial charge is 0.407 e. The molecule has 0 bridgehead atoms. The van der Waals surface area contributed by atoms with Crippen LogP contribution in [0.5, 0.6) is 0 Å². The summed E-state index contributed by atoms with van der Waals surface area (Å²) in [6, 6.07) is 0.0201. The highest BCUT2D eigenvalue weighted by Crippen LogP contribution is 2.23. The number of aromatic nitrogens is 2. The van der Waals surface area contributed by atoms with Gasteiger partial charge in [-0.25, -0.2) is 14.8 Å². The van der Waals surface area contributed by atoms with E-state index in [2.05, 4.69) is 15.3 Å². The van der Waals surface area contributed by atoms with Crippen LogP contribution in [-0.2, 0) is 4.74 Å². The minimum Gasteiger partial charge on any atom is -0.444 e. The van der Waals surface area contributed by atoms with Crippen LogP contribution in [0, 0.1) is 0 Å². The molecule has 1 N–H and O–H groups in total. The van der Waals surface area contributed by atoms with E-state index in [1.165, 1.54) is 0 Å². The summed E-state index contributed by atoms with van der Waals surface area (Å²) in [5.41, 5.74) is -0.493. The SMILES string of the molecule is CC(C)(C)OC(=O)N[C@@H]1CCCN(c2nccnc2Cl)C1. The molecule has 1 aromatic heterocycles. The first-order valence-electron chi connectivity index (χ1n) is 7.06. The van der Waals surface area contributed by atoms with Crippen molar-refractivity contribution < 1.29 is 9.53 Å². The van der Waals surface area contributed by atoms with Crippen molar-refractivity contribution in [2.75, 3.05) is 18.0 Å². The lowest BCUT2D eigenvalue weighted by atomic mass is 10.1. The Morgan fingerprint density at radius 1 is 1.43 bits per heavy atom. The third kappa shape index (κ3) is 4.74. The Hall–Kier alpha value is -1.56. The van der Waals surface area contributed by atoms with Crippen LogP contribution < -0.4 is 10.2 Å². The molecule has 0 saturated carbocycles. The Balaban J connectivity index is 1.95. The summed E-state index contributed by atoms with van der Waals surface area (Å²) < 4.78 is 5.28. The zero-order valence-corrected chi connectivity index (χ0v) is 13.4. The number of nitrogens with one attached hydrogen (secondary N) is 1. The predicted molar refractivity (Wildman–Crippen MR) is 81.6 cm³/mol. The second-order valence-electron chi connectivity index (χ2n) is 6.10. The molecular weight excluding hydrogens is 292 g/mol. The fraction of sp³-hybridized carbons (Fsp3) is 0.643. The molecule has 0 spiro atoms. The first-order valence-corrected chi connectivity index (χ1v) is 7.44. The van der Waals surface area contributed by atoms with Crippen molar-refractivity contribution >= 4 is 23.5 Å². The summed E-state index contributed by atoms with van der Waals surface area (Å²) >= 11 is 6.07. The van der Waals surface area contributed by atoms with E-state index in [-0.39, 0.29) is 12.1 Å². The average molecular weight is 313 g/mol. The van der Waals surface area contributed by atoms with E-state index in [9.17, 15) is 4.79 Å². The molecule has 1 aliphatic rings. The van der Waals surface area contributed by atoms with Crippen molar-refractivity contribution in [2.45, 2.75) is 45.3 Å². The second kappa shape index (κ2) is 6.47. The van der Waals surface area contributed by atoms with Crippen LogP contribution in [0.3, 0.4) is 0 Å². The lowest BCUT2D eigenvalue weighted by Crippen LogP contribution is -2.49. The molecule has 1 aliphatic heterocycles. The van der Waals surface area contributed by atoms with Crippen molar-refractivity contribution in [3.63, 3.8) is 0 Å². The van der Waals surface area contributed by atoms with E-state index in [0.717, 1.165) is 19.4 Å². The largest absolute Gasteiger partial charge is 0.444 e. The van der Waals surface area contributed by atoms with Gasteiger partial charge in [-0.1, -0.05) is 11.6 Å². The number of hydrogen-bond donors (Lipinski definition) is 1. The van der Waals surface area contributed by atoms with Gasteiger partial charge < -0.3 is 15.0 Å². The summed E-state index contributed by atoms with van der Waals surface area (Å²) in [5, 5.41) is 3.29. The maximum atomic E-state index is 11.8. The molecule has 1 fully saturated rings. The molecule has 1 aromatic rings. The number of amides is 1. The van der Waals surface area contributed by atoms with Crippen LogP contribution in [0.4, 0.5) is 10.6 Å². The summed E-state index contributed by atoms with van der Waals surface area (Å²) in [5.74, 6) is 0.662. The predicted octanol–water partition coefficient (Wildman–Crippen LogP) is 2.62. The Bertz CT molecular complexity index is 504. The van der Waals surface area contributed by atoms with E-state index >= 15 is 0 Å². The molecule has 0 aromatic carbocycles. The van der Waals surface area contributed by atoms with Crippen LogP contribution >= 0.6 is 11.6 Å². The van der Waals surface area contributed by atoms with Gasteiger partial charge in [-0.05, 0) is 33.6 Å². The second-order valence-corrected chi connectivity index (χ2v) is 6.46. The lowest BCUT2D eigenvalue weighted by molar-refractivity contribution is 0.0500. The molecule has 0 radical (unpaired) electrons. The molecule has 1 atom stereocenters. The molecule has 0 unspecified atom stereocenters. The number of carbonyl (C=O) groups excluding carboxylic acids is 1. The molecule has 7 heteroatoms. The van der Waals surface area contributed by atoms with Gasteiger partial charge in [0.15, 0.2) is 11.0 Å². The number of carbonyl (C=O) groups is 1. The molecule has 1 amide bonds. The lowest BCUT2D eigenvalue weighted by Gasteiger charge is -2.34. The van der Waals surface area contributed by atoms with Crippen LogP contribution in [-0.4, -0.2) is 40.8 Å². The van der Waals surface area contributed by atoms with Gasteiger partial charge in [-0.3, -0.25) is 0 Å². The number of nitrogens with zero attached hydrogens (tertiary/aromatic N) is 3. The minimum absolute atomic E-state index is 0.0201. The van der Waals surface area contributed by atoms with Crippen molar-refractivity contribution in [3.8, 4) is 0 Å². The number of alkyl carbamates (subject to hydrolysis) is 1. The molecule has 2 rings (SSSR count). The van der Waals surface area contributed by atoms with Crippen LogP contribution in [0.1, 0.15) is 33.6 Å². The summed E-state index contributed by atoms with van der Waals surface area (Å²) in [6.07, 6.45) is 4.65. The Morgan fingerprint density at radius 3 is 2.81 bits per heavy atom. The minimum atomic E-state index is -0.493. The van der Waals surface area contributed by atoms with E-state index in [1.807, 2.05) is 25.7 Å². The number of rotatable bonds is 2. The van der Waals surface area contributed by atoms with Gasteiger partial charge in [0, 0.05) is 31.5 Å². The standard InChI is InChI=1S/C14H21ClN4O2/c1-14(2,3)21-13(20)18-10-5-4-8-19(9-10)12-11(15)16-6-7-17-12/h6-7,10H,4-5,8-9H2,1-3H3,(H,18,20)/t10-/m1/s1. The van der Waals surface area contributed by atoms with Crippen molar-refractivity contribution in [2.24, 2.45) is 0 Å². The summed E-state index contributed by atoms with van der Waals surface area (Å²) in [4.78, 5) is 22.2. The monoisotopic (exact) mass is 312 g/mol. The maximum Gasteiger partial charge on any atom is 0.407 e. The van der Waals surface area contributed by atoms with Gasteiger partial charge in [0.2, 0.25) is 0 Å². The fourth-order valence-electron chi connectivity index (χ4n) is 2.29. The third-order valence-corrected chi connectivity index (χ3v) is 3.34. The normalized spacial score (nSPS) is 19.2. The third-order valence-electron chi connectivity index (χ3n) is 3.08. The van der Waals surface area contributed by atoms with E-state index in [1.54, 1.807) is 12.4 Å².